The smallest absolute Gasteiger partial charge is 0.387 e. The Hall–Kier alpha value is -4.21. The largest absolute Gasteiger partial charge is 0.434 e. The number of anilines is 2. The van der Waals surface area contributed by atoms with E-state index in [0.29, 0.717) is 12.0 Å². The summed E-state index contributed by atoms with van der Waals surface area (Å²) < 4.78 is 31.2. The van der Waals surface area contributed by atoms with E-state index in [4.69, 9.17) is 5.73 Å². The Labute approximate surface area is 200 Å². The van der Waals surface area contributed by atoms with E-state index in [0.717, 1.165) is 17.4 Å². The molecule has 3 aromatic rings. The van der Waals surface area contributed by atoms with Crippen LogP contribution in [0, 0.1) is 0 Å². The van der Waals surface area contributed by atoms with E-state index in [1.807, 2.05) is 13.0 Å². The summed E-state index contributed by atoms with van der Waals surface area (Å²) >= 11 is 0. The molecule has 0 spiro atoms. The third kappa shape index (κ3) is 6.44. The molecule has 0 aliphatic heterocycles. The van der Waals surface area contributed by atoms with Crippen molar-refractivity contribution < 1.29 is 18.3 Å². The molecule has 8 nitrogen and oxygen atoms in total. The number of carbonyl (C=O) groups is 1. The first-order valence-electron chi connectivity index (χ1n) is 11.0. The predicted molar refractivity (Wildman–Crippen MR) is 130 cm³/mol. The lowest BCUT2D eigenvalue weighted by Gasteiger charge is -2.23. The number of rotatable bonds is 10. The summed E-state index contributed by atoms with van der Waals surface area (Å²) in [6.07, 6.45) is 3.88. The van der Waals surface area contributed by atoms with Crippen LogP contribution in [0.4, 0.5) is 20.3 Å². The number of unbranched alkanes of at least 4 members (excludes halogenated alkanes) is 1. The van der Waals surface area contributed by atoms with Crippen molar-refractivity contribution in [1.29, 1.82) is 0 Å². The van der Waals surface area contributed by atoms with Crippen LogP contribution >= 0.6 is 0 Å². The summed E-state index contributed by atoms with van der Waals surface area (Å²) in [5.41, 5.74) is 5.54. The average molecular weight is 485 g/mol. The number of hydrogen-bond donors (Lipinski definition) is 2. The molecule has 3 N–H and O–H groups in total. The molecule has 0 saturated heterocycles. The maximum Gasteiger partial charge on any atom is 0.387 e. The van der Waals surface area contributed by atoms with E-state index in [1.54, 1.807) is 30.3 Å². The fraction of sp³-hybridized carbons (Fsp3) is 0.240. The Balaban J connectivity index is 2.05. The lowest BCUT2D eigenvalue weighted by atomic mass is 10.1. The van der Waals surface area contributed by atoms with Gasteiger partial charge < -0.3 is 10.5 Å². The Morgan fingerprint density at radius 3 is 2.51 bits per heavy atom. The molecule has 0 aliphatic rings. The molecular weight excluding hydrogens is 458 g/mol. The Morgan fingerprint density at radius 1 is 1.14 bits per heavy atom. The second kappa shape index (κ2) is 11.8. The van der Waals surface area contributed by atoms with Gasteiger partial charge in [-0.25, -0.2) is 4.79 Å². The molecule has 0 aliphatic carbocycles. The zero-order chi connectivity index (χ0) is 25.4. The molecule has 0 radical (unpaired) electrons. The second-order valence-electron chi connectivity index (χ2n) is 7.66. The van der Waals surface area contributed by atoms with Crippen molar-refractivity contribution in [2.75, 3.05) is 10.6 Å². The normalized spacial score (nSPS) is 11.2. The van der Waals surface area contributed by atoms with Crippen LogP contribution in [0.3, 0.4) is 0 Å². The zero-order valence-corrected chi connectivity index (χ0v) is 19.1. The van der Waals surface area contributed by atoms with E-state index in [1.165, 1.54) is 28.8 Å². The number of alkyl halides is 2. The minimum absolute atomic E-state index is 0.0154. The lowest BCUT2D eigenvalue weighted by Crippen LogP contribution is -2.40. The van der Waals surface area contributed by atoms with E-state index < -0.39 is 23.8 Å². The Morgan fingerprint density at radius 2 is 1.83 bits per heavy atom. The topological polar surface area (TPSA) is 110 Å². The van der Waals surface area contributed by atoms with Crippen molar-refractivity contribution in [1.82, 2.24) is 9.55 Å². The van der Waals surface area contributed by atoms with Gasteiger partial charge >= 0.3 is 12.3 Å². The van der Waals surface area contributed by atoms with Gasteiger partial charge in [-0.3, -0.25) is 24.0 Å². The van der Waals surface area contributed by atoms with Crippen molar-refractivity contribution in [3.05, 3.63) is 92.6 Å². The average Bonchev–Trinajstić information content (AvgIpc) is 2.82. The maximum absolute atomic E-state index is 13.3. The number of amides is 1. The van der Waals surface area contributed by atoms with Gasteiger partial charge in [0.1, 0.15) is 11.6 Å². The number of aromatic nitrogens is 2. The Kier molecular flexibility index (Phi) is 8.55. The second-order valence-corrected chi connectivity index (χ2v) is 7.66. The molecule has 2 aromatic carbocycles. The molecule has 10 heteroatoms. The molecule has 35 heavy (non-hydrogen) atoms. The number of nitrogens with zero attached hydrogens (tertiary/aromatic N) is 2. The number of aromatic amines is 1. The lowest BCUT2D eigenvalue weighted by molar-refractivity contribution is -0.114. The number of carbonyl (C=O) groups excluding carboxylic acids is 1. The highest BCUT2D eigenvalue weighted by atomic mass is 19.3. The van der Waals surface area contributed by atoms with Crippen LogP contribution in [0.1, 0.15) is 30.9 Å². The zero-order valence-electron chi connectivity index (χ0n) is 19.1. The maximum atomic E-state index is 13.3. The van der Waals surface area contributed by atoms with E-state index >= 15 is 0 Å². The molecule has 1 aromatic heterocycles. The summed E-state index contributed by atoms with van der Waals surface area (Å²) in [5.74, 6) is -0.878. The highest BCUT2D eigenvalue weighted by Crippen LogP contribution is 2.23. The van der Waals surface area contributed by atoms with Gasteiger partial charge in [-0.05, 0) is 24.1 Å². The standard InChI is InChI=1S/C25H26F2N4O4/c1-2-3-15-30-22(28)21(23(33)29-25(30)34)31(16-17-9-5-4-6-10-17)20(32)14-13-18-11-7-8-12-19(18)35-24(26)27/h4-14,24H,2-3,15-16,28H2,1H3,(H,29,33,34)/b14-13+. The first-order chi connectivity index (χ1) is 16.8. The van der Waals surface area contributed by atoms with Gasteiger partial charge in [0, 0.05) is 18.2 Å². The molecule has 3 rings (SSSR count). The van der Waals surface area contributed by atoms with Crippen molar-refractivity contribution >= 4 is 23.5 Å². The van der Waals surface area contributed by atoms with Crippen LogP contribution in [0.2, 0.25) is 0 Å². The minimum Gasteiger partial charge on any atom is -0.434 e. The summed E-state index contributed by atoms with van der Waals surface area (Å²) in [6, 6.07) is 14.9. The quantitative estimate of drug-likeness (QED) is 0.426. The third-order valence-corrected chi connectivity index (χ3v) is 5.21. The van der Waals surface area contributed by atoms with Crippen molar-refractivity contribution in [2.24, 2.45) is 0 Å². The first kappa shape index (κ1) is 25.4. The minimum atomic E-state index is -3.03. The van der Waals surface area contributed by atoms with Gasteiger partial charge in [0.25, 0.3) is 11.5 Å². The molecule has 0 fully saturated rings. The molecular formula is C25H26F2N4O4. The van der Waals surface area contributed by atoms with Crippen LogP contribution in [0.25, 0.3) is 6.08 Å². The highest BCUT2D eigenvalue weighted by molar-refractivity contribution is 6.05. The molecule has 1 heterocycles. The van der Waals surface area contributed by atoms with Crippen molar-refractivity contribution in [3.8, 4) is 5.75 Å². The molecule has 0 unspecified atom stereocenters. The fourth-order valence-corrected chi connectivity index (χ4v) is 3.48. The van der Waals surface area contributed by atoms with Crippen LogP contribution in [0.5, 0.6) is 5.75 Å². The predicted octanol–water partition coefficient (Wildman–Crippen LogP) is 3.77. The van der Waals surface area contributed by atoms with Gasteiger partial charge in [0.15, 0.2) is 5.69 Å². The molecule has 0 atom stereocenters. The van der Waals surface area contributed by atoms with Gasteiger partial charge in [-0.1, -0.05) is 61.9 Å². The number of para-hydroxylation sites is 1. The van der Waals surface area contributed by atoms with Gasteiger partial charge in [-0.2, -0.15) is 8.78 Å². The molecule has 0 saturated carbocycles. The van der Waals surface area contributed by atoms with Crippen LogP contribution in [-0.4, -0.2) is 22.1 Å². The number of benzene rings is 2. The van der Waals surface area contributed by atoms with Gasteiger partial charge in [0.05, 0.1) is 6.54 Å². The fourth-order valence-electron chi connectivity index (χ4n) is 3.48. The van der Waals surface area contributed by atoms with Crippen LogP contribution in [0.15, 0.2) is 70.3 Å². The SMILES string of the molecule is CCCCn1c(N)c(N(Cc2ccccc2)C(=O)/C=C/c2ccccc2OC(F)F)c(=O)[nH]c1=O. The number of halogens is 2. The van der Waals surface area contributed by atoms with Crippen LogP contribution < -0.4 is 26.6 Å². The summed E-state index contributed by atoms with van der Waals surface area (Å²) in [5, 5.41) is 0. The van der Waals surface area contributed by atoms with Gasteiger partial charge in [0.2, 0.25) is 0 Å². The number of nitrogens with one attached hydrogen (secondary N) is 1. The summed E-state index contributed by atoms with van der Waals surface area (Å²) in [6.45, 7) is -0.831. The number of ether oxygens (including phenoxy) is 1. The molecule has 184 valence electrons. The van der Waals surface area contributed by atoms with Crippen LogP contribution in [-0.2, 0) is 17.9 Å². The molecule has 0 bridgehead atoms. The number of nitrogens with two attached hydrogens (primary N) is 1. The number of nitrogen functional groups attached to an aromatic ring is 1. The van der Waals surface area contributed by atoms with E-state index in [9.17, 15) is 23.2 Å². The van der Waals surface area contributed by atoms with E-state index in [2.05, 4.69) is 9.72 Å². The van der Waals surface area contributed by atoms with Gasteiger partial charge in [-0.15, -0.1) is 0 Å². The number of hydrogen-bond acceptors (Lipinski definition) is 5. The first-order valence-corrected chi connectivity index (χ1v) is 11.0. The Bertz CT molecular complexity index is 1300. The summed E-state index contributed by atoms with van der Waals surface area (Å²) in [4.78, 5) is 41.9. The summed E-state index contributed by atoms with van der Waals surface area (Å²) in [7, 11) is 0. The van der Waals surface area contributed by atoms with Crippen molar-refractivity contribution in [3.63, 3.8) is 0 Å². The molecule has 1 amide bonds. The monoisotopic (exact) mass is 484 g/mol. The third-order valence-electron chi connectivity index (χ3n) is 5.21. The van der Waals surface area contributed by atoms with E-state index in [-0.39, 0.29) is 35.9 Å². The van der Waals surface area contributed by atoms with Crippen molar-refractivity contribution in [2.45, 2.75) is 39.5 Å². The number of H-pyrrole nitrogens is 1. The highest BCUT2D eigenvalue weighted by Gasteiger charge is 2.23.